The summed E-state index contributed by atoms with van der Waals surface area (Å²) in [6.07, 6.45) is 3.79. The van der Waals surface area contributed by atoms with Crippen LogP contribution in [0, 0.1) is 0 Å². The summed E-state index contributed by atoms with van der Waals surface area (Å²) in [5.74, 6) is -0.348. The Kier molecular flexibility index (Phi) is 4.77. The summed E-state index contributed by atoms with van der Waals surface area (Å²) < 4.78 is 1.90. The van der Waals surface area contributed by atoms with E-state index >= 15 is 0 Å². The van der Waals surface area contributed by atoms with Gasteiger partial charge in [0.2, 0.25) is 0 Å². The van der Waals surface area contributed by atoms with E-state index in [0.717, 1.165) is 5.69 Å². The Hall–Kier alpha value is -2.86. The van der Waals surface area contributed by atoms with Crippen LogP contribution in [0.1, 0.15) is 27.0 Å². The first-order valence-corrected chi connectivity index (χ1v) is 8.47. The van der Waals surface area contributed by atoms with Crippen LogP contribution in [0.3, 0.4) is 0 Å². The minimum Gasteiger partial charge on any atom is -0.352 e. The van der Waals surface area contributed by atoms with Crippen molar-refractivity contribution in [1.29, 1.82) is 0 Å². The SMILES string of the molecule is CCNC(=O)c1cccc(NC(=O)c2sccc2-n2cccc2)c1. The standard InChI is InChI=1S/C18H17N3O2S/c1-2-19-17(22)13-6-5-7-14(12-13)20-18(23)16-15(8-11-24-16)21-9-3-4-10-21/h3-12H,2H2,1H3,(H,19,22)(H,20,23). The number of carbonyl (C=O) groups is 2. The lowest BCUT2D eigenvalue weighted by Gasteiger charge is -2.08. The number of rotatable bonds is 5. The number of benzene rings is 1. The van der Waals surface area contributed by atoms with Crippen molar-refractivity contribution < 1.29 is 9.59 Å². The Bertz CT molecular complexity index is 853. The highest BCUT2D eigenvalue weighted by Crippen LogP contribution is 2.23. The average molecular weight is 339 g/mol. The van der Waals surface area contributed by atoms with Gasteiger partial charge in [0.05, 0.1) is 5.69 Å². The molecule has 0 spiro atoms. The maximum absolute atomic E-state index is 12.6. The van der Waals surface area contributed by atoms with Gasteiger partial charge in [0, 0.05) is 30.2 Å². The molecule has 2 N–H and O–H groups in total. The molecule has 2 heterocycles. The highest BCUT2D eigenvalue weighted by atomic mass is 32.1. The van der Waals surface area contributed by atoms with Gasteiger partial charge in [-0.2, -0.15) is 0 Å². The Labute approximate surface area is 143 Å². The zero-order valence-electron chi connectivity index (χ0n) is 13.2. The molecular weight excluding hydrogens is 322 g/mol. The lowest BCUT2D eigenvalue weighted by Crippen LogP contribution is -2.22. The maximum Gasteiger partial charge on any atom is 0.267 e. The first kappa shape index (κ1) is 16.0. The number of aromatic nitrogens is 1. The van der Waals surface area contributed by atoms with Crippen molar-refractivity contribution in [3.63, 3.8) is 0 Å². The van der Waals surface area contributed by atoms with Gasteiger partial charge in [0.15, 0.2) is 0 Å². The second-order valence-corrected chi connectivity index (χ2v) is 6.04. The Morgan fingerprint density at radius 3 is 2.62 bits per heavy atom. The molecule has 0 aliphatic carbocycles. The van der Waals surface area contributed by atoms with Gasteiger partial charge in [-0.15, -0.1) is 11.3 Å². The first-order valence-electron chi connectivity index (χ1n) is 7.59. The average Bonchev–Trinajstić information content (AvgIpc) is 3.26. The molecule has 0 fully saturated rings. The fraction of sp³-hybridized carbons (Fsp3) is 0.111. The Morgan fingerprint density at radius 1 is 1.08 bits per heavy atom. The van der Waals surface area contributed by atoms with E-state index in [-0.39, 0.29) is 11.8 Å². The molecule has 0 aliphatic rings. The van der Waals surface area contributed by atoms with Crippen molar-refractivity contribution in [2.75, 3.05) is 11.9 Å². The van der Waals surface area contributed by atoms with Crippen molar-refractivity contribution >= 4 is 28.8 Å². The summed E-state index contributed by atoms with van der Waals surface area (Å²) in [4.78, 5) is 25.1. The van der Waals surface area contributed by atoms with Gasteiger partial charge < -0.3 is 15.2 Å². The molecule has 24 heavy (non-hydrogen) atoms. The predicted molar refractivity (Wildman–Crippen MR) is 96.0 cm³/mol. The zero-order chi connectivity index (χ0) is 16.9. The second kappa shape index (κ2) is 7.14. The van der Waals surface area contributed by atoms with Crippen molar-refractivity contribution in [3.8, 4) is 5.69 Å². The van der Waals surface area contributed by atoms with Gasteiger partial charge in [-0.25, -0.2) is 0 Å². The smallest absolute Gasteiger partial charge is 0.267 e. The molecule has 5 nitrogen and oxygen atoms in total. The van der Waals surface area contributed by atoms with E-state index in [1.807, 2.05) is 47.5 Å². The fourth-order valence-corrected chi connectivity index (χ4v) is 3.14. The summed E-state index contributed by atoms with van der Waals surface area (Å²) in [5, 5.41) is 7.49. The fourth-order valence-electron chi connectivity index (χ4n) is 2.36. The number of amides is 2. The topological polar surface area (TPSA) is 63.1 Å². The van der Waals surface area contributed by atoms with E-state index in [0.29, 0.717) is 22.7 Å². The minimum atomic E-state index is -0.193. The maximum atomic E-state index is 12.6. The summed E-state index contributed by atoms with van der Waals surface area (Å²) in [5.41, 5.74) is 1.95. The van der Waals surface area contributed by atoms with Crippen LogP contribution in [-0.4, -0.2) is 22.9 Å². The molecule has 2 amide bonds. The van der Waals surface area contributed by atoms with E-state index in [2.05, 4.69) is 10.6 Å². The van der Waals surface area contributed by atoms with Gasteiger partial charge >= 0.3 is 0 Å². The van der Waals surface area contributed by atoms with Crippen LogP contribution < -0.4 is 10.6 Å². The molecule has 3 rings (SSSR count). The quantitative estimate of drug-likeness (QED) is 0.747. The van der Waals surface area contributed by atoms with Crippen LogP contribution in [0.2, 0.25) is 0 Å². The predicted octanol–water partition coefficient (Wildman–Crippen LogP) is 3.54. The summed E-state index contributed by atoms with van der Waals surface area (Å²) in [6.45, 7) is 2.42. The Balaban J connectivity index is 1.80. The number of nitrogens with one attached hydrogen (secondary N) is 2. The lowest BCUT2D eigenvalue weighted by molar-refractivity contribution is 0.0954. The van der Waals surface area contributed by atoms with Crippen molar-refractivity contribution in [3.05, 3.63) is 70.7 Å². The summed E-state index contributed by atoms with van der Waals surface area (Å²) >= 11 is 1.38. The molecule has 2 aromatic heterocycles. The van der Waals surface area contributed by atoms with Crippen LogP contribution >= 0.6 is 11.3 Å². The molecule has 0 radical (unpaired) electrons. The van der Waals surface area contributed by atoms with Crippen LogP contribution in [-0.2, 0) is 0 Å². The van der Waals surface area contributed by atoms with Crippen LogP contribution in [0.4, 0.5) is 5.69 Å². The zero-order valence-corrected chi connectivity index (χ0v) is 14.0. The molecule has 0 atom stereocenters. The lowest BCUT2D eigenvalue weighted by atomic mass is 10.2. The Morgan fingerprint density at radius 2 is 1.88 bits per heavy atom. The summed E-state index contributed by atoms with van der Waals surface area (Å²) in [7, 11) is 0. The molecule has 0 saturated carbocycles. The number of hydrogen-bond acceptors (Lipinski definition) is 3. The minimum absolute atomic E-state index is 0.155. The molecule has 1 aromatic carbocycles. The van der Waals surface area contributed by atoms with Crippen molar-refractivity contribution in [1.82, 2.24) is 9.88 Å². The van der Waals surface area contributed by atoms with Crippen LogP contribution in [0.25, 0.3) is 5.69 Å². The largest absolute Gasteiger partial charge is 0.352 e. The molecule has 0 unspecified atom stereocenters. The van der Waals surface area contributed by atoms with E-state index in [4.69, 9.17) is 0 Å². The second-order valence-electron chi connectivity index (χ2n) is 5.12. The van der Waals surface area contributed by atoms with Gasteiger partial charge in [-0.3, -0.25) is 9.59 Å². The third kappa shape index (κ3) is 3.38. The molecule has 0 saturated heterocycles. The van der Waals surface area contributed by atoms with Gasteiger partial charge in [0.1, 0.15) is 4.88 Å². The third-order valence-corrected chi connectivity index (χ3v) is 4.36. The number of nitrogens with zero attached hydrogens (tertiary/aromatic N) is 1. The molecule has 122 valence electrons. The molecule has 3 aromatic rings. The molecule has 0 aliphatic heterocycles. The van der Waals surface area contributed by atoms with Gasteiger partial charge in [0.25, 0.3) is 11.8 Å². The normalized spacial score (nSPS) is 10.4. The number of anilines is 1. The monoisotopic (exact) mass is 339 g/mol. The van der Waals surface area contributed by atoms with E-state index in [1.54, 1.807) is 24.3 Å². The van der Waals surface area contributed by atoms with Crippen molar-refractivity contribution in [2.24, 2.45) is 0 Å². The number of thiophene rings is 1. The van der Waals surface area contributed by atoms with E-state index in [9.17, 15) is 9.59 Å². The van der Waals surface area contributed by atoms with E-state index < -0.39 is 0 Å². The first-order chi connectivity index (χ1) is 11.7. The van der Waals surface area contributed by atoms with Crippen molar-refractivity contribution in [2.45, 2.75) is 6.92 Å². The van der Waals surface area contributed by atoms with Crippen LogP contribution in [0.15, 0.2) is 60.2 Å². The number of carbonyl (C=O) groups excluding carboxylic acids is 2. The van der Waals surface area contributed by atoms with Gasteiger partial charge in [-0.05, 0) is 48.7 Å². The summed E-state index contributed by atoms with van der Waals surface area (Å²) in [6, 6.07) is 12.6. The molecule has 0 bridgehead atoms. The van der Waals surface area contributed by atoms with E-state index in [1.165, 1.54) is 11.3 Å². The number of hydrogen-bond donors (Lipinski definition) is 2. The third-order valence-electron chi connectivity index (χ3n) is 3.45. The molecule has 6 heteroatoms. The highest BCUT2D eigenvalue weighted by molar-refractivity contribution is 7.12. The van der Waals surface area contributed by atoms with Crippen LogP contribution in [0.5, 0.6) is 0 Å². The van der Waals surface area contributed by atoms with Gasteiger partial charge in [-0.1, -0.05) is 6.07 Å². The highest BCUT2D eigenvalue weighted by Gasteiger charge is 2.15. The molecular formula is C18H17N3O2S.